The summed E-state index contributed by atoms with van der Waals surface area (Å²) in [6, 6.07) is 15.9. The van der Waals surface area contributed by atoms with E-state index in [4.69, 9.17) is 9.47 Å². The maximum Gasteiger partial charge on any atom is 0.347 e. The molecule has 6 nitrogen and oxygen atoms in total. The van der Waals surface area contributed by atoms with E-state index >= 15 is 0 Å². The fourth-order valence-corrected chi connectivity index (χ4v) is 4.70. The maximum absolute atomic E-state index is 11.6. The number of hydrogen-bond acceptors (Lipinski definition) is 4. The molecule has 0 spiro atoms. The Morgan fingerprint density at radius 2 is 1.44 bits per heavy atom. The second-order valence-electron chi connectivity index (χ2n) is 9.44. The van der Waals surface area contributed by atoms with Gasteiger partial charge in [0.05, 0.1) is 5.92 Å². The fraction of sp³-hybridized carbons (Fsp3) is 0.500. The topological polar surface area (TPSA) is 93.1 Å². The number of carboxylic acids is 2. The van der Waals surface area contributed by atoms with Gasteiger partial charge in [-0.25, -0.2) is 4.79 Å². The number of carboxylic acid groups (broad SMARTS) is 2. The maximum atomic E-state index is 11.6. The van der Waals surface area contributed by atoms with Crippen molar-refractivity contribution in [2.75, 3.05) is 6.61 Å². The first-order chi connectivity index (χ1) is 16.2. The highest BCUT2D eigenvalue weighted by Crippen LogP contribution is 2.45. The number of aliphatic carboxylic acids is 2. The largest absolute Gasteiger partial charge is 0.493 e. The Bertz CT molecular complexity index is 959. The lowest BCUT2D eigenvalue weighted by atomic mass is 9.65. The number of carbonyl (C=O) groups is 2. The minimum absolute atomic E-state index is 0.122. The van der Waals surface area contributed by atoms with Gasteiger partial charge in [0.2, 0.25) is 5.60 Å². The molecule has 0 aliphatic heterocycles. The van der Waals surface area contributed by atoms with Crippen molar-refractivity contribution in [1.29, 1.82) is 0 Å². The molecule has 1 fully saturated rings. The van der Waals surface area contributed by atoms with Crippen molar-refractivity contribution in [3.05, 3.63) is 59.7 Å². The minimum Gasteiger partial charge on any atom is -0.493 e. The zero-order valence-corrected chi connectivity index (χ0v) is 20.4. The van der Waals surface area contributed by atoms with Gasteiger partial charge in [0.15, 0.2) is 0 Å². The van der Waals surface area contributed by atoms with Crippen molar-refractivity contribution in [2.45, 2.75) is 76.7 Å². The predicted octanol–water partition coefficient (Wildman–Crippen LogP) is 6.06. The van der Waals surface area contributed by atoms with Gasteiger partial charge in [-0.15, -0.1) is 0 Å². The summed E-state index contributed by atoms with van der Waals surface area (Å²) < 4.78 is 11.6. The molecule has 2 aromatic carbocycles. The SMILES string of the molecule is CCC(COc1ccc(C2(c3ccc(OC(C)(CC)C(=O)O)cc3)CCCCC2)cc1)C(=O)O. The van der Waals surface area contributed by atoms with Gasteiger partial charge in [-0.3, -0.25) is 4.79 Å². The molecular weight excluding hydrogens is 432 g/mol. The third kappa shape index (κ3) is 5.54. The molecule has 0 aromatic heterocycles. The highest BCUT2D eigenvalue weighted by molar-refractivity contribution is 5.77. The fourth-order valence-electron chi connectivity index (χ4n) is 4.70. The first kappa shape index (κ1) is 25.6. The molecule has 1 aliphatic carbocycles. The standard InChI is InChI=1S/C28H36O6/c1-4-20(25(29)30)19-33-23-13-9-21(10-14-23)28(17-7-6-8-18-28)22-11-15-24(16-12-22)34-27(3,5-2)26(31)32/h9-16,20H,4-8,17-19H2,1-3H3,(H,29,30)(H,31,32). The van der Waals surface area contributed by atoms with Gasteiger partial charge in [0, 0.05) is 5.41 Å². The van der Waals surface area contributed by atoms with Crippen LogP contribution in [0.15, 0.2) is 48.5 Å². The van der Waals surface area contributed by atoms with Gasteiger partial charge in [-0.1, -0.05) is 57.4 Å². The van der Waals surface area contributed by atoms with Crippen LogP contribution in [0.2, 0.25) is 0 Å². The second-order valence-corrected chi connectivity index (χ2v) is 9.44. The summed E-state index contributed by atoms with van der Waals surface area (Å²) >= 11 is 0. The molecule has 6 heteroatoms. The third-order valence-corrected chi connectivity index (χ3v) is 7.28. The van der Waals surface area contributed by atoms with Crippen molar-refractivity contribution in [3.63, 3.8) is 0 Å². The van der Waals surface area contributed by atoms with Gasteiger partial charge >= 0.3 is 11.9 Å². The average molecular weight is 469 g/mol. The summed E-state index contributed by atoms with van der Waals surface area (Å²) in [5, 5.41) is 18.7. The Labute approximate surface area is 201 Å². The molecule has 1 aliphatic rings. The minimum atomic E-state index is -1.25. The van der Waals surface area contributed by atoms with Crippen LogP contribution in [-0.2, 0) is 15.0 Å². The van der Waals surface area contributed by atoms with Crippen LogP contribution in [0.4, 0.5) is 0 Å². The van der Waals surface area contributed by atoms with Gasteiger partial charge in [0.25, 0.3) is 0 Å². The van der Waals surface area contributed by atoms with E-state index in [1.54, 1.807) is 13.8 Å². The second kappa shape index (κ2) is 10.9. The Kier molecular flexibility index (Phi) is 8.24. The average Bonchev–Trinajstić information content (AvgIpc) is 2.85. The van der Waals surface area contributed by atoms with Crippen molar-refractivity contribution >= 4 is 11.9 Å². The molecule has 34 heavy (non-hydrogen) atoms. The lowest BCUT2D eigenvalue weighted by molar-refractivity contribution is -0.154. The van der Waals surface area contributed by atoms with Crippen LogP contribution >= 0.6 is 0 Å². The van der Waals surface area contributed by atoms with E-state index in [1.807, 2.05) is 31.2 Å². The van der Waals surface area contributed by atoms with E-state index in [0.717, 1.165) is 25.7 Å². The summed E-state index contributed by atoms with van der Waals surface area (Å²) in [5.74, 6) is -1.10. The summed E-state index contributed by atoms with van der Waals surface area (Å²) in [7, 11) is 0. The molecule has 184 valence electrons. The number of hydrogen-bond donors (Lipinski definition) is 2. The molecule has 1 saturated carbocycles. The van der Waals surface area contributed by atoms with Crippen LogP contribution in [0.1, 0.15) is 76.8 Å². The van der Waals surface area contributed by atoms with Crippen molar-refractivity contribution in [3.8, 4) is 11.5 Å². The lowest BCUT2D eigenvalue weighted by Gasteiger charge is -2.39. The van der Waals surface area contributed by atoms with Gasteiger partial charge in [-0.05, 0) is 68.0 Å². The monoisotopic (exact) mass is 468 g/mol. The molecule has 2 N–H and O–H groups in total. The zero-order chi connectivity index (χ0) is 24.8. The molecule has 2 atom stereocenters. The van der Waals surface area contributed by atoms with E-state index in [2.05, 4.69) is 24.3 Å². The van der Waals surface area contributed by atoms with E-state index in [-0.39, 0.29) is 12.0 Å². The Morgan fingerprint density at radius 1 is 0.912 bits per heavy atom. The van der Waals surface area contributed by atoms with Gasteiger partial charge in [-0.2, -0.15) is 0 Å². The lowest BCUT2D eigenvalue weighted by Crippen LogP contribution is -2.40. The molecule has 0 heterocycles. The van der Waals surface area contributed by atoms with E-state index < -0.39 is 23.5 Å². The molecule has 0 saturated heterocycles. The van der Waals surface area contributed by atoms with Crippen molar-refractivity contribution in [1.82, 2.24) is 0 Å². The summed E-state index contributed by atoms with van der Waals surface area (Å²) in [5.41, 5.74) is 1.03. The zero-order valence-electron chi connectivity index (χ0n) is 20.4. The van der Waals surface area contributed by atoms with Crippen LogP contribution in [0.25, 0.3) is 0 Å². The first-order valence-electron chi connectivity index (χ1n) is 12.2. The molecule has 0 radical (unpaired) electrons. The highest BCUT2D eigenvalue weighted by Gasteiger charge is 2.37. The van der Waals surface area contributed by atoms with Crippen LogP contribution in [-0.4, -0.2) is 34.4 Å². The van der Waals surface area contributed by atoms with Crippen molar-refractivity contribution in [2.24, 2.45) is 5.92 Å². The summed E-state index contributed by atoms with van der Waals surface area (Å²) in [6.07, 6.45) is 6.46. The number of benzene rings is 2. The smallest absolute Gasteiger partial charge is 0.347 e. The normalized spacial score (nSPS) is 17.9. The number of ether oxygens (including phenoxy) is 2. The highest BCUT2D eigenvalue weighted by atomic mass is 16.5. The van der Waals surface area contributed by atoms with Crippen LogP contribution < -0.4 is 9.47 Å². The molecule has 0 bridgehead atoms. The third-order valence-electron chi connectivity index (χ3n) is 7.28. The number of rotatable bonds is 11. The molecule has 2 aromatic rings. The Morgan fingerprint density at radius 3 is 1.88 bits per heavy atom. The van der Waals surface area contributed by atoms with Gasteiger partial charge < -0.3 is 19.7 Å². The summed E-state index contributed by atoms with van der Waals surface area (Å²) in [6.45, 7) is 5.40. The Balaban J connectivity index is 1.82. The van der Waals surface area contributed by atoms with E-state index in [1.165, 1.54) is 17.5 Å². The first-order valence-corrected chi connectivity index (χ1v) is 12.2. The predicted molar refractivity (Wildman–Crippen MR) is 131 cm³/mol. The van der Waals surface area contributed by atoms with Gasteiger partial charge in [0.1, 0.15) is 18.1 Å². The van der Waals surface area contributed by atoms with E-state index in [9.17, 15) is 19.8 Å². The van der Waals surface area contributed by atoms with Crippen molar-refractivity contribution < 1.29 is 29.3 Å². The molecular formula is C28H36O6. The van der Waals surface area contributed by atoms with Crippen LogP contribution in [0.5, 0.6) is 11.5 Å². The van der Waals surface area contributed by atoms with Crippen LogP contribution in [0.3, 0.4) is 0 Å². The summed E-state index contributed by atoms with van der Waals surface area (Å²) in [4.78, 5) is 22.8. The molecule has 0 amide bonds. The molecule has 2 unspecified atom stereocenters. The molecule has 3 rings (SSSR count). The van der Waals surface area contributed by atoms with Crippen LogP contribution in [0, 0.1) is 5.92 Å². The van der Waals surface area contributed by atoms with E-state index in [0.29, 0.717) is 24.3 Å². The Hall–Kier alpha value is -3.02. The quantitative estimate of drug-likeness (QED) is 0.416.